The number of pyridine rings is 1. The Morgan fingerprint density at radius 2 is 1.74 bits per heavy atom. The maximum absolute atomic E-state index is 13.2. The summed E-state index contributed by atoms with van der Waals surface area (Å²) in [7, 11) is 0. The molecule has 1 aliphatic heterocycles. The first kappa shape index (κ1) is 27.7. The zero-order chi connectivity index (χ0) is 27.8. The van der Waals surface area contributed by atoms with E-state index in [0.29, 0.717) is 29.7 Å². The van der Waals surface area contributed by atoms with Crippen molar-refractivity contribution in [2.24, 2.45) is 5.92 Å². The summed E-state index contributed by atoms with van der Waals surface area (Å²) >= 11 is 0. The van der Waals surface area contributed by atoms with Gasteiger partial charge in [-0.15, -0.1) is 0 Å². The second-order valence-electron chi connectivity index (χ2n) is 12.3. The molecule has 2 amide bonds. The van der Waals surface area contributed by atoms with E-state index in [4.69, 9.17) is 9.47 Å². The number of piperidine rings is 1. The van der Waals surface area contributed by atoms with Gasteiger partial charge in [0.25, 0.3) is 0 Å². The zero-order valence-corrected chi connectivity index (χ0v) is 23.6. The molecule has 10 heteroatoms. The first-order valence-electron chi connectivity index (χ1n) is 13.6. The lowest BCUT2D eigenvalue weighted by molar-refractivity contribution is -0.117. The zero-order valence-electron chi connectivity index (χ0n) is 23.6. The second-order valence-corrected chi connectivity index (χ2v) is 12.3. The highest BCUT2D eigenvalue weighted by molar-refractivity contribution is 6.10. The van der Waals surface area contributed by atoms with Crippen molar-refractivity contribution in [1.29, 1.82) is 0 Å². The highest BCUT2D eigenvalue weighted by atomic mass is 16.6. The van der Waals surface area contributed by atoms with Crippen LogP contribution in [0, 0.1) is 5.92 Å². The van der Waals surface area contributed by atoms with Gasteiger partial charge in [0.15, 0.2) is 5.65 Å². The third-order valence-electron chi connectivity index (χ3n) is 6.50. The van der Waals surface area contributed by atoms with Crippen molar-refractivity contribution in [1.82, 2.24) is 14.9 Å². The number of hydrogen-bond acceptors (Lipinski definition) is 7. The van der Waals surface area contributed by atoms with E-state index in [2.05, 4.69) is 27.4 Å². The monoisotopic (exact) mass is 527 g/mol. The Labute approximate surface area is 224 Å². The van der Waals surface area contributed by atoms with Crippen molar-refractivity contribution in [3.63, 3.8) is 0 Å². The Morgan fingerprint density at radius 3 is 2.34 bits per heavy atom. The minimum Gasteiger partial charge on any atom is -0.444 e. The van der Waals surface area contributed by atoms with E-state index in [1.807, 2.05) is 41.5 Å². The van der Waals surface area contributed by atoms with Crippen molar-refractivity contribution in [3.8, 4) is 0 Å². The second kappa shape index (κ2) is 10.5. The Hall–Kier alpha value is -3.30. The van der Waals surface area contributed by atoms with Gasteiger partial charge in [-0.05, 0) is 79.2 Å². The van der Waals surface area contributed by atoms with Crippen LogP contribution >= 0.6 is 0 Å². The van der Waals surface area contributed by atoms with Crippen LogP contribution < -0.4 is 15.5 Å². The van der Waals surface area contributed by atoms with Crippen LogP contribution in [0.15, 0.2) is 12.4 Å². The van der Waals surface area contributed by atoms with Crippen LogP contribution in [0.1, 0.15) is 79.7 Å². The minimum absolute atomic E-state index is 0.00177. The number of rotatable bonds is 5. The molecule has 2 aromatic rings. The van der Waals surface area contributed by atoms with Crippen molar-refractivity contribution in [2.75, 3.05) is 23.3 Å². The highest BCUT2D eigenvalue weighted by Crippen LogP contribution is 2.39. The summed E-state index contributed by atoms with van der Waals surface area (Å²) in [6, 6.07) is -0.107. The number of hydrogen-bond donors (Lipinski definition) is 2. The number of carbonyl (C=O) groups is 3. The van der Waals surface area contributed by atoms with Crippen molar-refractivity contribution in [2.45, 2.75) is 97.8 Å². The molecule has 1 unspecified atom stereocenters. The molecule has 2 N–H and O–H groups in total. The van der Waals surface area contributed by atoms with Crippen LogP contribution in [-0.2, 0) is 20.7 Å². The van der Waals surface area contributed by atoms with Gasteiger partial charge < -0.3 is 25.0 Å². The predicted molar refractivity (Wildman–Crippen MR) is 147 cm³/mol. The van der Waals surface area contributed by atoms with E-state index in [1.165, 1.54) is 4.57 Å². The Morgan fingerprint density at radius 1 is 1.05 bits per heavy atom. The van der Waals surface area contributed by atoms with Crippen molar-refractivity contribution in [3.05, 3.63) is 18.0 Å². The molecule has 2 aliphatic rings. The molecule has 1 saturated carbocycles. The Balaban J connectivity index is 1.74. The van der Waals surface area contributed by atoms with Gasteiger partial charge in [0.05, 0.1) is 16.8 Å². The number of nitrogens with one attached hydrogen (secondary N) is 2. The SMILES string of the molecule is CCc1cnc2c(c(NC(=O)C3CC3)cn2C(=O)OC(C)(C)C)c1N1CCCC(NC(=O)OC(C)(C)C)C1. The van der Waals surface area contributed by atoms with E-state index >= 15 is 0 Å². The predicted octanol–water partition coefficient (Wildman–Crippen LogP) is 5.22. The number of fused-ring (bicyclic) bond motifs is 1. The van der Waals surface area contributed by atoms with E-state index in [-0.39, 0.29) is 17.9 Å². The van der Waals surface area contributed by atoms with E-state index < -0.39 is 23.4 Å². The van der Waals surface area contributed by atoms with Crippen LogP contribution in [0.5, 0.6) is 0 Å². The summed E-state index contributed by atoms with van der Waals surface area (Å²) < 4.78 is 12.5. The van der Waals surface area contributed by atoms with E-state index in [0.717, 1.165) is 43.5 Å². The summed E-state index contributed by atoms with van der Waals surface area (Å²) in [5.74, 6) is -0.0534. The number of amides is 2. The molecule has 0 bridgehead atoms. The summed E-state index contributed by atoms with van der Waals surface area (Å²) in [5, 5.41) is 6.78. The molecule has 1 aliphatic carbocycles. The van der Waals surface area contributed by atoms with Gasteiger partial charge in [-0.2, -0.15) is 0 Å². The molecular weight excluding hydrogens is 486 g/mol. The summed E-state index contributed by atoms with van der Waals surface area (Å²) in [6.07, 6.45) is 6.56. The fourth-order valence-electron chi connectivity index (χ4n) is 4.73. The lowest BCUT2D eigenvalue weighted by atomic mass is 10.0. The molecule has 208 valence electrons. The van der Waals surface area contributed by atoms with Gasteiger partial charge in [0.2, 0.25) is 5.91 Å². The lowest BCUT2D eigenvalue weighted by Crippen LogP contribution is -2.49. The van der Waals surface area contributed by atoms with Crippen molar-refractivity contribution >= 4 is 40.5 Å². The quantitative estimate of drug-likeness (QED) is 0.548. The summed E-state index contributed by atoms with van der Waals surface area (Å²) in [4.78, 5) is 45.3. The average molecular weight is 528 g/mol. The van der Waals surface area contributed by atoms with Gasteiger partial charge in [0, 0.05) is 37.4 Å². The first-order valence-corrected chi connectivity index (χ1v) is 13.6. The fraction of sp³-hybridized carbons (Fsp3) is 0.643. The maximum Gasteiger partial charge on any atom is 0.420 e. The van der Waals surface area contributed by atoms with Gasteiger partial charge in [-0.25, -0.2) is 19.1 Å². The molecule has 38 heavy (non-hydrogen) atoms. The number of carbonyl (C=O) groups excluding carboxylic acids is 3. The molecule has 2 aromatic heterocycles. The minimum atomic E-state index is -0.690. The lowest BCUT2D eigenvalue weighted by Gasteiger charge is -2.36. The molecule has 0 spiro atoms. The third-order valence-corrected chi connectivity index (χ3v) is 6.50. The Kier molecular flexibility index (Phi) is 7.63. The van der Waals surface area contributed by atoms with Crippen LogP contribution in [-0.4, -0.2) is 58.0 Å². The number of nitrogens with zero attached hydrogens (tertiary/aromatic N) is 3. The molecule has 2 fully saturated rings. The summed E-state index contributed by atoms with van der Waals surface area (Å²) in [6.45, 7) is 14.4. The first-order chi connectivity index (χ1) is 17.8. The number of aromatic nitrogens is 2. The van der Waals surface area contributed by atoms with Gasteiger partial charge in [-0.1, -0.05) is 6.92 Å². The van der Waals surface area contributed by atoms with Gasteiger partial charge in [-0.3, -0.25) is 4.79 Å². The van der Waals surface area contributed by atoms with Gasteiger partial charge in [0.1, 0.15) is 11.2 Å². The molecule has 0 aromatic carbocycles. The molecule has 4 rings (SSSR count). The van der Waals surface area contributed by atoms with Gasteiger partial charge >= 0.3 is 12.2 Å². The number of ether oxygens (including phenoxy) is 2. The third kappa shape index (κ3) is 6.57. The van der Waals surface area contributed by atoms with Crippen molar-refractivity contribution < 1.29 is 23.9 Å². The topological polar surface area (TPSA) is 115 Å². The largest absolute Gasteiger partial charge is 0.444 e. The fourth-order valence-corrected chi connectivity index (χ4v) is 4.73. The molecule has 10 nitrogen and oxygen atoms in total. The standard InChI is InChI=1S/C28H41N5O5/c1-8-17-14-29-23-21(22(17)32-13-9-10-19(15-32)30-25(35)37-27(2,3)4)20(31-24(34)18-11-12-18)16-33(23)26(36)38-28(5,6)7/h14,16,18-19H,8-13,15H2,1-7H3,(H,30,35)(H,31,34). The molecule has 1 atom stereocenters. The number of alkyl carbamates (subject to hydrolysis) is 1. The van der Waals surface area contributed by atoms with Crippen LogP contribution in [0.2, 0.25) is 0 Å². The van der Waals surface area contributed by atoms with Crippen LogP contribution in [0.25, 0.3) is 11.0 Å². The van der Waals surface area contributed by atoms with E-state index in [9.17, 15) is 14.4 Å². The Bertz CT molecular complexity index is 1220. The average Bonchev–Trinajstić information content (AvgIpc) is 3.58. The number of aryl methyl sites for hydroxylation is 1. The number of anilines is 2. The van der Waals surface area contributed by atoms with Crippen LogP contribution in [0.3, 0.4) is 0 Å². The molecule has 3 heterocycles. The smallest absolute Gasteiger partial charge is 0.420 e. The maximum atomic E-state index is 13.2. The summed E-state index contributed by atoms with van der Waals surface area (Å²) in [5.41, 5.74) is 1.62. The van der Waals surface area contributed by atoms with E-state index in [1.54, 1.807) is 12.4 Å². The molecule has 0 radical (unpaired) electrons. The molecule has 1 saturated heterocycles. The normalized spacial score (nSPS) is 18.3. The van der Waals surface area contributed by atoms with Crippen LogP contribution in [0.4, 0.5) is 21.0 Å². The highest BCUT2D eigenvalue weighted by Gasteiger charge is 2.33. The molecular formula is C28H41N5O5.